The Kier molecular flexibility index (Phi) is 7.69. The summed E-state index contributed by atoms with van der Waals surface area (Å²) in [5.41, 5.74) is 5.58. The van der Waals surface area contributed by atoms with E-state index in [1.54, 1.807) is 22.8 Å². The molecule has 0 saturated heterocycles. The van der Waals surface area contributed by atoms with E-state index >= 15 is 0 Å². The summed E-state index contributed by atoms with van der Waals surface area (Å²) in [6, 6.07) is 30.9. The van der Waals surface area contributed by atoms with E-state index in [1.165, 1.54) is 24.9 Å². The van der Waals surface area contributed by atoms with Gasteiger partial charge in [0, 0.05) is 0 Å². The molecule has 0 unspecified atom stereocenters. The Labute approximate surface area is 401 Å². The normalized spacial score (nSPS) is 16.7. The van der Waals surface area contributed by atoms with Crippen LogP contribution in [0.1, 0.15) is 40.0 Å². The number of fused-ring (bicyclic) bond motifs is 5. The number of para-hydroxylation sites is 4. The second-order valence-corrected chi connectivity index (χ2v) is 39.5. The van der Waals surface area contributed by atoms with Crippen LogP contribution < -0.4 is 18.1 Å². The maximum atomic E-state index is 9.16. The monoisotopic (exact) mass is 980 g/mol. The van der Waals surface area contributed by atoms with Crippen LogP contribution in [-0.2, 0) is 5.41 Å². The minimum atomic E-state index is -2.76. The fourth-order valence-corrected chi connectivity index (χ4v) is 40.6. The van der Waals surface area contributed by atoms with Crippen LogP contribution in [0, 0.1) is 6.33 Å². The zero-order valence-corrected chi connectivity index (χ0v) is 41.8. The molecule has 0 bridgehead atoms. The zero-order chi connectivity index (χ0) is 53.4. The Morgan fingerprint density at radius 1 is 0.662 bits per heavy atom. The Bertz CT molecular complexity index is 3920. The van der Waals surface area contributed by atoms with Gasteiger partial charge in [-0.3, -0.25) is 0 Å². The number of hydrogen-bond donors (Lipinski definition) is 0. The first-order valence-electron chi connectivity index (χ1n) is 27.1. The van der Waals surface area contributed by atoms with Crippen molar-refractivity contribution >= 4 is 68.2 Å². The van der Waals surface area contributed by atoms with E-state index in [2.05, 4.69) is 115 Å². The van der Waals surface area contributed by atoms with Crippen molar-refractivity contribution in [2.24, 2.45) is 0 Å². The molecular formula is C58H54Ge2N4O. The van der Waals surface area contributed by atoms with E-state index in [1.807, 2.05) is 41.1 Å². The average molecular weight is 978 g/mol. The van der Waals surface area contributed by atoms with E-state index in [0.717, 1.165) is 39.1 Å². The van der Waals surface area contributed by atoms with Crippen molar-refractivity contribution < 1.29 is 23.0 Å². The Hall–Kier alpha value is -6.15. The van der Waals surface area contributed by atoms with Gasteiger partial charge in [0.25, 0.3) is 0 Å². The molecule has 65 heavy (non-hydrogen) atoms. The maximum absolute atomic E-state index is 9.16. The predicted octanol–water partition coefficient (Wildman–Crippen LogP) is 13.5. The predicted molar refractivity (Wildman–Crippen MR) is 276 cm³/mol. The third-order valence-electron chi connectivity index (χ3n) is 13.2. The summed E-state index contributed by atoms with van der Waals surface area (Å²) >= 11 is -5.51. The minimum absolute atomic E-state index is 0.0900. The summed E-state index contributed by atoms with van der Waals surface area (Å²) in [6.07, 6.45) is 5.51. The van der Waals surface area contributed by atoms with Gasteiger partial charge in [0.1, 0.15) is 0 Å². The van der Waals surface area contributed by atoms with Crippen molar-refractivity contribution in [1.82, 2.24) is 14.1 Å². The molecule has 0 spiro atoms. The molecule has 7 aromatic carbocycles. The van der Waals surface area contributed by atoms with Crippen molar-refractivity contribution in [3.63, 3.8) is 0 Å². The number of benzene rings is 7. The van der Waals surface area contributed by atoms with Crippen LogP contribution in [0.2, 0.25) is 33.5 Å². The molecule has 0 atom stereocenters. The summed E-state index contributed by atoms with van der Waals surface area (Å²) in [5.74, 6) is 12.2. The second kappa shape index (κ2) is 15.8. The SMILES string of the molecule is [2H]c1c([2H])c([2H])c(-c2cccc(-c3c([2H])c([2H])c([2H])c([2H])c3[2H])c2-[n+]2[c-]n(-c3cc(Oc4ccc5c6ccccc6n(-c6cc(C(C)(C)C)ccn6)c5c4)[c]4[c](c3)[Ge]([CH3])([CH3])[CH2][CH2][Ge]4([CH3])[CH3])c3ccccc32)c([2H])c1[2H]. The molecule has 1 aliphatic heterocycles. The quantitative estimate of drug-likeness (QED) is 0.0906. The fourth-order valence-electron chi connectivity index (χ4n) is 9.70. The van der Waals surface area contributed by atoms with Gasteiger partial charge in [-0.05, 0) is 0 Å². The molecule has 3 aromatic heterocycles. The molecule has 1 aliphatic rings. The molecule has 0 saturated carbocycles. The van der Waals surface area contributed by atoms with E-state index in [4.69, 9.17) is 23.4 Å². The van der Waals surface area contributed by atoms with E-state index in [0.29, 0.717) is 16.8 Å². The number of hydrogen-bond acceptors (Lipinski definition) is 2. The van der Waals surface area contributed by atoms with Crippen molar-refractivity contribution in [3.05, 3.63) is 188 Å². The van der Waals surface area contributed by atoms with E-state index < -0.39 is 87.0 Å². The molecule has 0 amide bonds. The Morgan fingerprint density at radius 2 is 1.31 bits per heavy atom. The first-order valence-corrected chi connectivity index (χ1v) is 35.6. The van der Waals surface area contributed by atoms with Gasteiger partial charge >= 0.3 is 401 Å². The molecule has 11 rings (SSSR count). The molecule has 0 aliphatic carbocycles. The van der Waals surface area contributed by atoms with Crippen LogP contribution >= 0.6 is 0 Å². The fraction of sp³-hybridized carbons (Fsp3) is 0.172. The van der Waals surface area contributed by atoms with Gasteiger partial charge in [0.05, 0.1) is 2.74 Å². The molecular weight excluding hydrogens is 914 g/mol. The number of nitrogens with zero attached hydrogens (tertiary/aromatic N) is 4. The van der Waals surface area contributed by atoms with Gasteiger partial charge in [-0.15, -0.1) is 0 Å². The van der Waals surface area contributed by atoms with E-state index in [9.17, 15) is 0 Å². The summed E-state index contributed by atoms with van der Waals surface area (Å²) in [7, 11) is 0. The van der Waals surface area contributed by atoms with Crippen molar-refractivity contribution in [1.29, 1.82) is 0 Å². The molecule has 5 nitrogen and oxygen atoms in total. The van der Waals surface area contributed by atoms with E-state index in [-0.39, 0.29) is 33.4 Å². The molecule has 7 heteroatoms. The molecule has 0 fully saturated rings. The number of ether oxygens (including phenoxy) is 1. The Balaban J connectivity index is 1.17. The van der Waals surface area contributed by atoms with Crippen molar-refractivity contribution in [2.45, 2.75) is 59.7 Å². The van der Waals surface area contributed by atoms with Gasteiger partial charge in [0.2, 0.25) is 0 Å². The van der Waals surface area contributed by atoms with Gasteiger partial charge in [-0.1, -0.05) is 0 Å². The molecule has 0 radical (unpaired) electrons. The summed E-state index contributed by atoms with van der Waals surface area (Å²) in [4.78, 5) is 4.92. The molecule has 4 heterocycles. The zero-order valence-electron chi connectivity index (χ0n) is 47.6. The second-order valence-electron chi connectivity index (χ2n) is 19.4. The van der Waals surface area contributed by atoms with Crippen LogP contribution in [0.4, 0.5) is 0 Å². The average Bonchev–Trinajstić information content (AvgIpc) is 3.96. The summed E-state index contributed by atoms with van der Waals surface area (Å²) < 4.78 is 104. The van der Waals surface area contributed by atoms with Crippen molar-refractivity contribution in [3.8, 4) is 50.9 Å². The number of pyridine rings is 1. The van der Waals surface area contributed by atoms with Crippen LogP contribution in [0.3, 0.4) is 0 Å². The van der Waals surface area contributed by atoms with Gasteiger partial charge in [-0.25, -0.2) is 0 Å². The van der Waals surface area contributed by atoms with Crippen LogP contribution in [0.5, 0.6) is 11.5 Å². The molecule has 0 N–H and O–H groups in total. The van der Waals surface area contributed by atoms with Crippen LogP contribution in [0.25, 0.3) is 72.3 Å². The molecule has 320 valence electrons. The third kappa shape index (κ3) is 7.24. The topological polar surface area (TPSA) is 35.9 Å². The summed E-state index contributed by atoms with van der Waals surface area (Å²) in [5, 5.41) is 4.55. The van der Waals surface area contributed by atoms with Gasteiger partial charge in [-0.2, -0.15) is 0 Å². The van der Waals surface area contributed by atoms with Crippen LogP contribution in [0.15, 0.2) is 176 Å². The van der Waals surface area contributed by atoms with Crippen molar-refractivity contribution in [2.75, 3.05) is 0 Å². The third-order valence-corrected chi connectivity index (χ3v) is 30.6. The Morgan fingerprint density at radius 3 is 2.02 bits per heavy atom. The van der Waals surface area contributed by atoms with Crippen LogP contribution in [-0.4, -0.2) is 40.7 Å². The number of imidazole rings is 1. The number of rotatable bonds is 7. The first kappa shape index (κ1) is 31.7. The van der Waals surface area contributed by atoms with Gasteiger partial charge < -0.3 is 0 Å². The standard InChI is InChI=1S/C58H54Ge2N4O/c1-58(2,3)42-31-34-61-55(35-42)64-50-26-15-14-23-47(50)48-30-29-44(38-53(48)64)65-54-37-43(36-49-56(54)60(6,7)33-32-59(49,4)5)62-39-63(52-28-17-16-27-51(52)62)57-45(40-19-10-8-11-20-40)24-18-25-46(57)41-21-12-9-13-22-41/h8-31,34-38H,32-33H2,1-7H3/i8D,9D,10D,11D,12D,13D,19D,20D,21D,22D. The molecule has 10 aromatic rings. The van der Waals surface area contributed by atoms with Gasteiger partial charge in [0.15, 0.2) is 0 Å². The number of aromatic nitrogens is 4. The summed E-state index contributed by atoms with van der Waals surface area (Å²) in [6.45, 7) is 6.61. The first-order chi connectivity index (χ1) is 35.5.